The lowest BCUT2D eigenvalue weighted by Gasteiger charge is -2.10. The Labute approximate surface area is 135 Å². The van der Waals surface area contributed by atoms with E-state index >= 15 is 0 Å². The van der Waals surface area contributed by atoms with Crippen LogP contribution in [0.2, 0.25) is 0 Å². The Hall–Kier alpha value is -2.08. The van der Waals surface area contributed by atoms with Crippen LogP contribution in [-0.2, 0) is 21.1 Å². The maximum absolute atomic E-state index is 12.3. The summed E-state index contributed by atoms with van der Waals surface area (Å²) in [4.78, 5) is 15.7. The summed E-state index contributed by atoms with van der Waals surface area (Å²) in [5.41, 5.74) is 5.28. The van der Waals surface area contributed by atoms with Gasteiger partial charge < -0.3 is 10.3 Å². The van der Waals surface area contributed by atoms with Crippen molar-refractivity contribution in [2.45, 2.75) is 33.2 Å². The highest BCUT2D eigenvalue weighted by Crippen LogP contribution is 2.28. The molecule has 1 aliphatic heterocycles. The van der Waals surface area contributed by atoms with Crippen LogP contribution in [-0.4, -0.2) is 31.1 Å². The standard InChI is InChI=1S/C17H20N2O3S/c1-10-4-5-11(2)17-16(10)14(12(3)18-17)8-15(20)19-13-6-7-23(21,22)9-13/h4-7,13,18H,8-9H2,1-3H3,(H,19,20). The van der Waals surface area contributed by atoms with Crippen molar-refractivity contribution in [2.24, 2.45) is 0 Å². The third-order valence-electron chi connectivity index (χ3n) is 4.30. The lowest BCUT2D eigenvalue weighted by molar-refractivity contribution is -0.120. The van der Waals surface area contributed by atoms with Gasteiger partial charge in [0.25, 0.3) is 0 Å². The van der Waals surface area contributed by atoms with E-state index in [9.17, 15) is 13.2 Å². The Morgan fingerprint density at radius 1 is 1.26 bits per heavy atom. The van der Waals surface area contributed by atoms with Crippen molar-refractivity contribution in [3.8, 4) is 0 Å². The predicted molar refractivity (Wildman–Crippen MR) is 91.1 cm³/mol. The van der Waals surface area contributed by atoms with E-state index in [-0.39, 0.29) is 18.1 Å². The number of rotatable bonds is 3. The summed E-state index contributed by atoms with van der Waals surface area (Å²) < 4.78 is 22.8. The van der Waals surface area contributed by atoms with Gasteiger partial charge in [-0.1, -0.05) is 12.1 Å². The first kappa shape index (κ1) is 15.8. The number of aromatic nitrogens is 1. The average molecular weight is 332 g/mol. The first-order valence-electron chi connectivity index (χ1n) is 7.54. The van der Waals surface area contributed by atoms with Crippen molar-refractivity contribution in [2.75, 3.05) is 5.75 Å². The van der Waals surface area contributed by atoms with Gasteiger partial charge in [0.05, 0.1) is 18.2 Å². The van der Waals surface area contributed by atoms with E-state index in [4.69, 9.17) is 0 Å². The Morgan fingerprint density at radius 3 is 2.61 bits per heavy atom. The van der Waals surface area contributed by atoms with Gasteiger partial charge in [-0.25, -0.2) is 8.42 Å². The molecule has 23 heavy (non-hydrogen) atoms. The number of carbonyl (C=O) groups excluding carboxylic acids is 1. The van der Waals surface area contributed by atoms with Gasteiger partial charge in [0.2, 0.25) is 5.91 Å². The third kappa shape index (κ3) is 3.03. The van der Waals surface area contributed by atoms with Crippen molar-refractivity contribution < 1.29 is 13.2 Å². The summed E-state index contributed by atoms with van der Waals surface area (Å²) in [5.74, 6) is -0.217. The van der Waals surface area contributed by atoms with Gasteiger partial charge in [-0.2, -0.15) is 0 Å². The van der Waals surface area contributed by atoms with Crippen molar-refractivity contribution >= 4 is 26.6 Å². The summed E-state index contributed by atoms with van der Waals surface area (Å²) >= 11 is 0. The molecule has 2 heterocycles. The molecule has 0 radical (unpaired) electrons. The van der Waals surface area contributed by atoms with E-state index < -0.39 is 15.9 Å². The van der Waals surface area contributed by atoms with Crippen LogP contribution in [0, 0.1) is 20.8 Å². The minimum absolute atomic E-state index is 0.0518. The summed E-state index contributed by atoms with van der Waals surface area (Å²) in [5, 5.41) is 5.04. The zero-order chi connectivity index (χ0) is 16.8. The fourth-order valence-electron chi connectivity index (χ4n) is 3.12. The Morgan fingerprint density at radius 2 is 1.96 bits per heavy atom. The molecule has 0 aliphatic carbocycles. The van der Waals surface area contributed by atoms with E-state index in [0.717, 1.165) is 33.3 Å². The van der Waals surface area contributed by atoms with Crippen molar-refractivity contribution in [1.82, 2.24) is 10.3 Å². The zero-order valence-electron chi connectivity index (χ0n) is 13.4. The summed E-state index contributed by atoms with van der Waals surface area (Å²) in [6.45, 7) is 6.03. The van der Waals surface area contributed by atoms with Gasteiger partial charge in [-0.3, -0.25) is 4.79 Å². The SMILES string of the molecule is Cc1[nH]c2c(C)ccc(C)c2c1CC(=O)NC1C=CS(=O)(=O)C1. The summed E-state index contributed by atoms with van der Waals surface area (Å²) in [6, 6.07) is 3.69. The van der Waals surface area contributed by atoms with Crippen LogP contribution in [0.25, 0.3) is 10.9 Å². The van der Waals surface area contributed by atoms with Gasteiger partial charge in [-0.05, 0) is 43.5 Å². The number of amides is 1. The van der Waals surface area contributed by atoms with Crippen LogP contribution in [0.3, 0.4) is 0 Å². The minimum Gasteiger partial charge on any atom is -0.358 e. The zero-order valence-corrected chi connectivity index (χ0v) is 14.3. The van der Waals surface area contributed by atoms with Gasteiger partial charge in [0, 0.05) is 22.0 Å². The highest BCUT2D eigenvalue weighted by atomic mass is 32.2. The van der Waals surface area contributed by atoms with E-state index in [2.05, 4.69) is 22.4 Å². The molecule has 1 aromatic heterocycles. The molecule has 0 spiro atoms. The topological polar surface area (TPSA) is 79.0 Å². The second-order valence-corrected chi connectivity index (χ2v) is 8.12. The molecular formula is C17H20N2O3S. The smallest absolute Gasteiger partial charge is 0.225 e. The Kier molecular flexibility index (Phi) is 3.80. The molecule has 5 nitrogen and oxygen atoms in total. The number of nitrogens with one attached hydrogen (secondary N) is 2. The molecule has 1 aliphatic rings. The number of carbonyl (C=O) groups is 1. The number of aryl methyl sites for hydroxylation is 3. The number of fused-ring (bicyclic) bond motifs is 1. The van der Waals surface area contributed by atoms with Crippen molar-refractivity contribution in [3.63, 3.8) is 0 Å². The lowest BCUT2D eigenvalue weighted by atomic mass is 10.0. The van der Waals surface area contributed by atoms with Gasteiger partial charge in [0.15, 0.2) is 9.84 Å². The maximum atomic E-state index is 12.3. The van der Waals surface area contributed by atoms with Crippen LogP contribution in [0.4, 0.5) is 0 Å². The predicted octanol–water partition coefficient (Wildman–Crippen LogP) is 2.06. The second kappa shape index (κ2) is 5.53. The summed E-state index contributed by atoms with van der Waals surface area (Å²) in [6.07, 6.45) is 1.77. The molecule has 1 amide bonds. The number of hydrogen-bond donors (Lipinski definition) is 2. The van der Waals surface area contributed by atoms with Crippen LogP contribution in [0.15, 0.2) is 23.6 Å². The fourth-order valence-corrected chi connectivity index (χ4v) is 4.35. The molecule has 1 unspecified atom stereocenters. The third-order valence-corrected chi connectivity index (χ3v) is 5.70. The van der Waals surface area contributed by atoms with E-state index in [1.54, 1.807) is 0 Å². The number of sulfone groups is 1. The molecule has 0 bridgehead atoms. The highest BCUT2D eigenvalue weighted by Gasteiger charge is 2.24. The van der Waals surface area contributed by atoms with Gasteiger partial charge in [0.1, 0.15) is 0 Å². The van der Waals surface area contributed by atoms with Crippen LogP contribution in [0.5, 0.6) is 0 Å². The number of benzene rings is 1. The molecule has 2 N–H and O–H groups in total. The van der Waals surface area contributed by atoms with Crippen molar-refractivity contribution in [1.29, 1.82) is 0 Å². The molecule has 0 fully saturated rings. The van der Waals surface area contributed by atoms with Crippen LogP contribution in [0.1, 0.15) is 22.4 Å². The minimum atomic E-state index is -3.16. The molecular weight excluding hydrogens is 312 g/mol. The molecule has 1 atom stereocenters. The second-order valence-electron chi connectivity index (χ2n) is 6.19. The van der Waals surface area contributed by atoms with Crippen LogP contribution >= 0.6 is 0 Å². The molecule has 0 saturated heterocycles. The lowest BCUT2D eigenvalue weighted by Crippen LogP contribution is -2.36. The maximum Gasteiger partial charge on any atom is 0.225 e. The summed E-state index contributed by atoms with van der Waals surface area (Å²) in [7, 11) is -3.16. The normalized spacial score (nSPS) is 19.3. The molecule has 122 valence electrons. The van der Waals surface area contributed by atoms with E-state index in [1.807, 2.05) is 20.8 Å². The highest BCUT2D eigenvalue weighted by molar-refractivity contribution is 7.94. The molecule has 1 aromatic carbocycles. The first-order valence-corrected chi connectivity index (χ1v) is 9.26. The number of H-pyrrole nitrogens is 1. The molecule has 6 heteroatoms. The van der Waals surface area contributed by atoms with Gasteiger partial charge in [-0.15, -0.1) is 0 Å². The quantitative estimate of drug-likeness (QED) is 0.903. The molecule has 3 rings (SSSR count). The number of aromatic amines is 1. The largest absolute Gasteiger partial charge is 0.358 e. The monoisotopic (exact) mass is 332 g/mol. The molecule has 2 aromatic rings. The van der Waals surface area contributed by atoms with Crippen molar-refractivity contribution in [3.05, 3.63) is 46.0 Å². The first-order chi connectivity index (χ1) is 10.8. The molecule has 0 saturated carbocycles. The van der Waals surface area contributed by atoms with E-state index in [0.29, 0.717) is 0 Å². The fraction of sp³-hybridized carbons (Fsp3) is 0.353. The number of hydrogen-bond acceptors (Lipinski definition) is 3. The van der Waals surface area contributed by atoms with Crippen LogP contribution < -0.4 is 5.32 Å². The van der Waals surface area contributed by atoms with E-state index in [1.165, 1.54) is 11.5 Å². The Bertz CT molecular complexity index is 923. The van der Waals surface area contributed by atoms with Gasteiger partial charge >= 0.3 is 0 Å². The Balaban J connectivity index is 1.85. The average Bonchev–Trinajstić information content (AvgIpc) is 2.96.